The largest absolute Gasteiger partial charge is 0.496 e. The van der Waals surface area contributed by atoms with Crippen LogP contribution in [-0.4, -0.2) is 17.1 Å². The Morgan fingerprint density at radius 2 is 2.25 bits per heavy atom. The van der Waals surface area contributed by atoms with Crippen molar-refractivity contribution < 1.29 is 19.2 Å². The molecule has 0 spiro atoms. The Bertz CT molecular complexity index is 545. The van der Waals surface area contributed by atoms with Crippen LogP contribution in [0.2, 0.25) is 0 Å². The molecule has 6 heteroatoms. The van der Waals surface area contributed by atoms with E-state index >= 15 is 0 Å². The van der Waals surface area contributed by atoms with Crippen molar-refractivity contribution in [2.75, 3.05) is 7.11 Å². The number of nitro benzene ring substituents is 1. The van der Waals surface area contributed by atoms with Crippen molar-refractivity contribution in [2.45, 2.75) is 6.61 Å². The number of benzene rings is 1. The number of nitro groups is 1. The van der Waals surface area contributed by atoms with E-state index in [1.165, 1.54) is 13.2 Å². The highest BCUT2D eigenvalue weighted by Gasteiger charge is 2.18. The number of non-ortho nitro benzene ring substituents is 1. The molecule has 0 atom stereocenters. The molecule has 1 N–H and O–H groups in total. The molecule has 0 amide bonds. The average Bonchev–Trinajstić information content (AvgIpc) is 2.69. The van der Waals surface area contributed by atoms with E-state index in [0.29, 0.717) is 11.1 Å². The maximum atomic E-state index is 10.8. The van der Waals surface area contributed by atoms with Gasteiger partial charge in [-0.15, -0.1) is 0 Å². The lowest BCUT2D eigenvalue weighted by molar-refractivity contribution is -0.383. The molecule has 16 heavy (non-hydrogen) atoms. The van der Waals surface area contributed by atoms with Gasteiger partial charge in [-0.05, 0) is 12.1 Å². The Morgan fingerprint density at radius 3 is 2.81 bits per heavy atom. The number of aliphatic hydroxyl groups excluding tert-OH is 1. The predicted molar refractivity (Wildman–Crippen MR) is 55.3 cm³/mol. The summed E-state index contributed by atoms with van der Waals surface area (Å²) < 4.78 is 10.1. The molecule has 0 unspecified atom stereocenters. The van der Waals surface area contributed by atoms with Crippen molar-refractivity contribution in [3.8, 4) is 5.75 Å². The van der Waals surface area contributed by atoms with Gasteiger partial charge >= 0.3 is 5.69 Å². The standard InChI is InChI=1S/C10H9NO5/c1-15-7-2-6-3-8(5-12)16-10(6)9(4-7)11(13)14/h2-4,12H,5H2,1H3. The zero-order valence-electron chi connectivity index (χ0n) is 8.47. The highest BCUT2D eigenvalue weighted by molar-refractivity contribution is 5.88. The fourth-order valence-corrected chi connectivity index (χ4v) is 1.49. The van der Waals surface area contributed by atoms with E-state index in [1.54, 1.807) is 12.1 Å². The summed E-state index contributed by atoms with van der Waals surface area (Å²) in [4.78, 5) is 10.3. The lowest BCUT2D eigenvalue weighted by atomic mass is 10.2. The molecule has 1 heterocycles. The van der Waals surface area contributed by atoms with E-state index in [4.69, 9.17) is 14.3 Å². The van der Waals surface area contributed by atoms with E-state index in [0.717, 1.165) is 0 Å². The molecule has 0 saturated carbocycles. The number of ether oxygens (including phenoxy) is 1. The molecule has 84 valence electrons. The second-order valence-corrected chi connectivity index (χ2v) is 3.19. The van der Waals surface area contributed by atoms with Crippen LogP contribution in [0.3, 0.4) is 0 Å². The zero-order valence-corrected chi connectivity index (χ0v) is 8.47. The van der Waals surface area contributed by atoms with Gasteiger partial charge in [0.15, 0.2) is 0 Å². The zero-order chi connectivity index (χ0) is 11.7. The van der Waals surface area contributed by atoms with Gasteiger partial charge in [0.25, 0.3) is 0 Å². The van der Waals surface area contributed by atoms with Crippen LogP contribution in [0, 0.1) is 10.1 Å². The number of nitrogens with zero attached hydrogens (tertiary/aromatic N) is 1. The van der Waals surface area contributed by atoms with Gasteiger partial charge < -0.3 is 14.3 Å². The lowest BCUT2D eigenvalue weighted by Crippen LogP contribution is -1.90. The first-order valence-electron chi connectivity index (χ1n) is 4.51. The van der Waals surface area contributed by atoms with Crippen molar-refractivity contribution >= 4 is 16.7 Å². The van der Waals surface area contributed by atoms with Crippen molar-refractivity contribution in [1.82, 2.24) is 0 Å². The topological polar surface area (TPSA) is 85.7 Å². The summed E-state index contributed by atoms with van der Waals surface area (Å²) in [5, 5.41) is 20.2. The number of fused-ring (bicyclic) bond motifs is 1. The quantitative estimate of drug-likeness (QED) is 0.633. The smallest absolute Gasteiger partial charge is 0.315 e. The number of hydrogen-bond acceptors (Lipinski definition) is 5. The minimum Gasteiger partial charge on any atom is -0.496 e. The molecule has 0 saturated heterocycles. The van der Waals surface area contributed by atoms with E-state index in [-0.39, 0.29) is 23.6 Å². The summed E-state index contributed by atoms with van der Waals surface area (Å²) in [7, 11) is 1.43. The maximum Gasteiger partial charge on any atom is 0.315 e. The first-order valence-corrected chi connectivity index (χ1v) is 4.51. The summed E-state index contributed by atoms with van der Waals surface area (Å²) in [6.45, 7) is -0.297. The molecule has 2 aromatic rings. The highest BCUT2D eigenvalue weighted by atomic mass is 16.6. The van der Waals surface area contributed by atoms with Crippen molar-refractivity contribution in [1.29, 1.82) is 0 Å². The lowest BCUT2D eigenvalue weighted by Gasteiger charge is -1.99. The molecule has 0 aliphatic heterocycles. The Kier molecular flexibility index (Phi) is 2.49. The summed E-state index contributed by atoms with van der Waals surface area (Å²) >= 11 is 0. The van der Waals surface area contributed by atoms with Crippen LogP contribution in [0.4, 0.5) is 5.69 Å². The Hall–Kier alpha value is -2.08. The molecule has 0 fully saturated rings. The first-order chi connectivity index (χ1) is 7.65. The van der Waals surface area contributed by atoms with Crippen LogP contribution in [0.25, 0.3) is 11.0 Å². The van der Waals surface area contributed by atoms with Crippen LogP contribution in [0.1, 0.15) is 5.76 Å². The third kappa shape index (κ3) is 1.59. The second-order valence-electron chi connectivity index (χ2n) is 3.19. The van der Waals surface area contributed by atoms with E-state index in [1.807, 2.05) is 0 Å². The normalized spacial score (nSPS) is 10.6. The molecule has 0 radical (unpaired) electrons. The highest BCUT2D eigenvalue weighted by Crippen LogP contribution is 2.33. The number of furan rings is 1. The van der Waals surface area contributed by atoms with Crippen molar-refractivity contribution in [3.05, 3.63) is 34.1 Å². The first kappa shape index (κ1) is 10.4. The molecule has 2 rings (SSSR count). The molecule has 1 aromatic heterocycles. The Balaban J connectivity index is 2.74. The van der Waals surface area contributed by atoms with E-state index < -0.39 is 4.92 Å². The molecule has 1 aromatic carbocycles. The third-order valence-electron chi connectivity index (χ3n) is 2.21. The van der Waals surface area contributed by atoms with Gasteiger partial charge in [-0.2, -0.15) is 0 Å². The fourth-order valence-electron chi connectivity index (χ4n) is 1.49. The monoisotopic (exact) mass is 223 g/mol. The van der Waals surface area contributed by atoms with E-state index in [2.05, 4.69) is 0 Å². The molecule has 6 nitrogen and oxygen atoms in total. The minimum absolute atomic E-state index is 0.148. The van der Waals surface area contributed by atoms with Gasteiger partial charge in [0.1, 0.15) is 18.1 Å². The van der Waals surface area contributed by atoms with Crippen LogP contribution in [0.15, 0.2) is 22.6 Å². The summed E-state index contributed by atoms with van der Waals surface area (Å²) in [6.07, 6.45) is 0. The number of rotatable bonds is 3. The van der Waals surface area contributed by atoms with Crippen LogP contribution >= 0.6 is 0 Å². The number of hydrogen-bond donors (Lipinski definition) is 1. The summed E-state index contributed by atoms with van der Waals surface area (Å²) in [5.41, 5.74) is -0.0242. The van der Waals surface area contributed by atoms with Gasteiger partial charge in [-0.25, -0.2) is 0 Å². The third-order valence-corrected chi connectivity index (χ3v) is 2.21. The molecular weight excluding hydrogens is 214 g/mol. The Morgan fingerprint density at radius 1 is 1.50 bits per heavy atom. The van der Waals surface area contributed by atoms with Crippen molar-refractivity contribution in [3.63, 3.8) is 0 Å². The van der Waals surface area contributed by atoms with Crippen LogP contribution in [-0.2, 0) is 6.61 Å². The minimum atomic E-state index is -0.546. The Labute approximate surface area is 90.2 Å². The van der Waals surface area contributed by atoms with Crippen LogP contribution in [0.5, 0.6) is 5.75 Å². The molecular formula is C10H9NO5. The van der Waals surface area contributed by atoms with Crippen LogP contribution < -0.4 is 4.74 Å². The number of aliphatic hydroxyl groups is 1. The van der Waals surface area contributed by atoms with Gasteiger partial charge in [0.2, 0.25) is 5.58 Å². The van der Waals surface area contributed by atoms with Gasteiger partial charge in [-0.1, -0.05) is 0 Å². The molecule has 0 bridgehead atoms. The SMILES string of the molecule is COc1cc([N+](=O)[O-])c2oc(CO)cc2c1. The van der Waals surface area contributed by atoms with E-state index in [9.17, 15) is 10.1 Å². The van der Waals surface area contributed by atoms with Gasteiger partial charge in [0, 0.05) is 5.39 Å². The van der Waals surface area contributed by atoms with Gasteiger partial charge in [0.05, 0.1) is 18.1 Å². The predicted octanol–water partition coefficient (Wildman–Crippen LogP) is 1.84. The summed E-state index contributed by atoms with van der Waals surface area (Å²) in [6, 6.07) is 4.45. The maximum absolute atomic E-state index is 10.8. The van der Waals surface area contributed by atoms with Gasteiger partial charge in [-0.3, -0.25) is 10.1 Å². The fraction of sp³-hybridized carbons (Fsp3) is 0.200. The van der Waals surface area contributed by atoms with Crippen molar-refractivity contribution in [2.24, 2.45) is 0 Å². The molecule has 0 aliphatic rings. The molecule has 0 aliphatic carbocycles. The second kappa shape index (κ2) is 3.82. The number of methoxy groups -OCH3 is 1. The average molecular weight is 223 g/mol. The summed E-state index contributed by atoms with van der Waals surface area (Å²) in [5.74, 6) is 0.663.